The number of anilines is 1. The minimum absolute atomic E-state index is 0.734. The average molecular weight is 221 g/mol. The van der Waals surface area contributed by atoms with Gasteiger partial charge in [-0.05, 0) is 44.0 Å². The molecule has 1 aromatic heterocycles. The summed E-state index contributed by atoms with van der Waals surface area (Å²) in [6.45, 7) is 5.92. The fourth-order valence-corrected chi connectivity index (χ4v) is 1.84. The van der Waals surface area contributed by atoms with Crippen LogP contribution in [0.3, 0.4) is 0 Å². The summed E-state index contributed by atoms with van der Waals surface area (Å²) < 4.78 is 0. The second kappa shape index (κ2) is 3.38. The number of nitrogens with two attached hydrogens (primary N) is 1. The van der Waals surface area contributed by atoms with Crippen molar-refractivity contribution in [3.63, 3.8) is 0 Å². The highest BCUT2D eigenvalue weighted by Crippen LogP contribution is 2.30. The number of nitrogen functional groups attached to an aromatic ring is 1. The largest absolute Gasteiger partial charge is 0.398 e. The fraction of sp³-hybridized carbons (Fsp3) is 0.250. The quantitative estimate of drug-likeness (QED) is 0.739. The van der Waals surface area contributed by atoms with Crippen LogP contribution in [-0.2, 0) is 0 Å². The van der Waals surface area contributed by atoms with E-state index in [0.29, 0.717) is 0 Å². The number of aryl methyl sites for hydroxylation is 2. The summed E-state index contributed by atoms with van der Waals surface area (Å²) in [4.78, 5) is 4.53. The minimum atomic E-state index is 0.734. The lowest BCUT2D eigenvalue weighted by atomic mass is 10.0. The zero-order valence-corrected chi connectivity index (χ0v) is 9.81. The Hall–Kier alpha value is -1.28. The number of fused-ring (bicyclic) bond motifs is 1. The second-order valence-electron chi connectivity index (χ2n) is 3.80. The third kappa shape index (κ3) is 1.45. The first-order valence-corrected chi connectivity index (χ1v) is 5.21. The summed E-state index contributed by atoms with van der Waals surface area (Å²) >= 11 is 6.05. The summed E-state index contributed by atoms with van der Waals surface area (Å²) in [6.07, 6.45) is 0. The van der Waals surface area contributed by atoms with Crippen molar-refractivity contribution in [2.24, 2.45) is 0 Å². The zero-order chi connectivity index (χ0) is 11.2. The Kier molecular flexibility index (Phi) is 2.31. The lowest BCUT2D eigenvalue weighted by molar-refractivity contribution is 1.19. The molecule has 0 radical (unpaired) electrons. The standard InChI is InChI=1S/C12H13ClN2/c1-6-8(3)15-12-7(2)10(13)5-4-9(12)11(6)14/h4-5H,1-3H3,(H2,14,15). The fourth-order valence-electron chi connectivity index (χ4n) is 1.69. The molecule has 2 N–H and O–H groups in total. The molecule has 0 aliphatic carbocycles. The van der Waals surface area contributed by atoms with E-state index in [0.717, 1.165) is 38.4 Å². The number of rotatable bonds is 0. The van der Waals surface area contributed by atoms with Gasteiger partial charge in [0, 0.05) is 21.8 Å². The maximum atomic E-state index is 6.05. The van der Waals surface area contributed by atoms with E-state index in [-0.39, 0.29) is 0 Å². The Morgan fingerprint density at radius 2 is 1.80 bits per heavy atom. The van der Waals surface area contributed by atoms with Gasteiger partial charge >= 0.3 is 0 Å². The van der Waals surface area contributed by atoms with E-state index in [1.54, 1.807) is 0 Å². The number of benzene rings is 1. The summed E-state index contributed by atoms with van der Waals surface area (Å²) in [5, 5.41) is 1.72. The van der Waals surface area contributed by atoms with E-state index in [1.807, 2.05) is 32.9 Å². The highest BCUT2D eigenvalue weighted by atomic mass is 35.5. The second-order valence-corrected chi connectivity index (χ2v) is 4.21. The van der Waals surface area contributed by atoms with E-state index in [2.05, 4.69) is 4.98 Å². The summed E-state index contributed by atoms with van der Waals surface area (Å²) in [5.74, 6) is 0. The van der Waals surface area contributed by atoms with Crippen LogP contribution in [-0.4, -0.2) is 4.98 Å². The Labute approximate surface area is 94.1 Å². The van der Waals surface area contributed by atoms with Gasteiger partial charge in [0.25, 0.3) is 0 Å². The van der Waals surface area contributed by atoms with Crippen LogP contribution in [0.15, 0.2) is 12.1 Å². The van der Waals surface area contributed by atoms with Gasteiger partial charge in [-0.1, -0.05) is 11.6 Å². The van der Waals surface area contributed by atoms with Crippen LogP contribution in [0.1, 0.15) is 16.8 Å². The first-order valence-electron chi connectivity index (χ1n) is 4.84. The van der Waals surface area contributed by atoms with Crippen LogP contribution in [0.25, 0.3) is 10.9 Å². The SMILES string of the molecule is Cc1nc2c(C)c(Cl)ccc2c(N)c1C. The highest BCUT2D eigenvalue weighted by molar-refractivity contribution is 6.32. The Morgan fingerprint density at radius 1 is 1.13 bits per heavy atom. The van der Waals surface area contributed by atoms with Crippen molar-refractivity contribution in [1.29, 1.82) is 0 Å². The van der Waals surface area contributed by atoms with Gasteiger partial charge in [-0.3, -0.25) is 4.98 Å². The van der Waals surface area contributed by atoms with Gasteiger partial charge < -0.3 is 5.73 Å². The molecule has 0 bridgehead atoms. The molecule has 2 nitrogen and oxygen atoms in total. The molecule has 0 amide bonds. The van der Waals surface area contributed by atoms with Gasteiger partial charge in [0.1, 0.15) is 0 Å². The normalized spacial score (nSPS) is 10.9. The molecule has 0 aliphatic rings. The van der Waals surface area contributed by atoms with Crippen molar-refractivity contribution in [3.05, 3.63) is 34.0 Å². The molecule has 0 saturated carbocycles. The van der Waals surface area contributed by atoms with Crippen LogP contribution >= 0.6 is 11.6 Å². The van der Waals surface area contributed by atoms with Crippen LogP contribution in [0.5, 0.6) is 0 Å². The maximum Gasteiger partial charge on any atom is 0.0770 e. The lowest BCUT2D eigenvalue weighted by Gasteiger charge is -2.10. The summed E-state index contributed by atoms with van der Waals surface area (Å²) in [7, 11) is 0. The van der Waals surface area contributed by atoms with E-state index < -0.39 is 0 Å². The van der Waals surface area contributed by atoms with Crippen LogP contribution in [0.2, 0.25) is 5.02 Å². The molecule has 0 atom stereocenters. The van der Waals surface area contributed by atoms with Crippen LogP contribution < -0.4 is 5.73 Å². The van der Waals surface area contributed by atoms with Gasteiger partial charge in [-0.25, -0.2) is 0 Å². The predicted octanol–water partition coefficient (Wildman–Crippen LogP) is 3.40. The van der Waals surface area contributed by atoms with Crippen molar-refractivity contribution < 1.29 is 0 Å². The lowest BCUT2D eigenvalue weighted by Crippen LogP contribution is -1.98. The Bertz CT molecular complexity index is 547. The van der Waals surface area contributed by atoms with Crippen molar-refractivity contribution in [2.45, 2.75) is 20.8 Å². The molecule has 0 aliphatic heterocycles. The Morgan fingerprint density at radius 3 is 2.47 bits per heavy atom. The van der Waals surface area contributed by atoms with Gasteiger partial charge in [-0.2, -0.15) is 0 Å². The van der Waals surface area contributed by atoms with E-state index >= 15 is 0 Å². The third-order valence-corrected chi connectivity index (χ3v) is 3.29. The molecule has 1 aromatic carbocycles. The number of hydrogen-bond donors (Lipinski definition) is 1. The molecule has 1 heterocycles. The van der Waals surface area contributed by atoms with Gasteiger partial charge in [0.05, 0.1) is 5.52 Å². The molecular formula is C12H13ClN2. The predicted molar refractivity (Wildman–Crippen MR) is 65.4 cm³/mol. The highest BCUT2D eigenvalue weighted by Gasteiger charge is 2.09. The maximum absolute atomic E-state index is 6.05. The monoisotopic (exact) mass is 220 g/mol. The molecule has 0 unspecified atom stereocenters. The van der Waals surface area contributed by atoms with Crippen molar-refractivity contribution in [2.75, 3.05) is 5.73 Å². The average Bonchev–Trinajstić information content (AvgIpc) is 2.21. The van der Waals surface area contributed by atoms with Crippen LogP contribution in [0, 0.1) is 20.8 Å². The first-order chi connectivity index (χ1) is 7.02. The molecule has 2 aromatic rings. The topological polar surface area (TPSA) is 38.9 Å². The van der Waals surface area contributed by atoms with Crippen LogP contribution in [0.4, 0.5) is 5.69 Å². The summed E-state index contributed by atoms with van der Waals surface area (Å²) in [5.41, 5.74) is 10.8. The number of aromatic nitrogens is 1. The number of nitrogens with zero attached hydrogens (tertiary/aromatic N) is 1. The van der Waals surface area contributed by atoms with E-state index in [9.17, 15) is 0 Å². The van der Waals surface area contributed by atoms with Gasteiger partial charge in [0.2, 0.25) is 0 Å². The number of halogens is 1. The molecular weight excluding hydrogens is 208 g/mol. The molecule has 0 spiro atoms. The van der Waals surface area contributed by atoms with E-state index in [1.165, 1.54) is 0 Å². The van der Waals surface area contributed by atoms with Gasteiger partial charge in [-0.15, -0.1) is 0 Å². The van der Waals surface area contributed by atoms with Crippen molar-refractivity contribution in [1.82, 2.24) is 4.98 Å². The van der Waals surface area contributed by atoms with Gasteiger partial charge in [0.15, 0.2) is 0 Å². The number of pyridine rings is 1. The zero-order valence-electron chi connectivity index (χ0n) is 9.06. The molecule has 2 rings (SSSR count). The Balaban J connectivity index is 2.98. The molecule has 0 saturated heterocycles. The first kappa shape index (κ1) is 10.2. The van der Waals surface area contributed by atoms with Crippen molar-refractivity contribution in [3.8, 4) is 0 Å². The molecule has 78 valence electrons. The number of hydrogen-bond acceptors (Lipinski definition) is 2. The minimum Gasteiger partial charge on any atom is -0.398 e. The van der Waals surface area contributed by atoms with E-state index in [4.69, 9.17) is 17.3 Å². The molecule has 15 heavy (non-hydrogen) atoms. The smallest absolute Gasteiger partial charge is 0.0770 e. The third-order valence-electron chi connectivity index (χ3n) is 2.88. The summed E-state index contributed by atoms with van der Waals surface area (Å²) in [6, 6.07) is 3.80. The van der Waals surface area contributed by atoms with Crippen molar-refractivity contribution >= 4 is 28.2 Å². The molecule has 3 heteroatoms. The molecule has 0 fully saturated rings.